The zero-order chi connectivity index (χ0) is 12.4. The molecule has 0 radical (unpaired) electrons. The first kappa shape index (κ1) is 13.1. The molecule has 90 valence electrons. The van der Waals surface area contributed by atoms with Crippen molar-refractivity contribution in [3.63, 3.8) is 0 Å². The van der Waals surface area contributed by atoms with Gasteiger partial charge in [-0.1, -0.05) is 6.92 Å². The minimum Gasteiger partial charge on any atom is -0.243 e. The van der Waals surface area contributed by atoms with E-state index in [1.165, 1.54) is 12.1 Å². The summed E-state index contributed by atoms with van der Waals surface area (Å²) in [4.78, 5) is 3.54. The topological polar surface area (TPSA) is 93.2 Å². The summed E-state index contributed by atoms with van der Waals surface area (Å²) in [6, 6.07) is 2.38. The normalized spacial score (nSPS) is 12.6. The van der Waals surface area contributed by atoms with Gasteiger partial charge in [-0.25, -0.2) is 26.5 Å². The Morgan fingerprint density at radius 1 is 1.25 bits per heavy atom. The highest BCUT2D eigenvalue weighted by Gasteiger charge is 2.15. The fourth-order valence-corrected chi connectivity index (χ4v) is 2.56. The van der Waals surface area contributed by atoms with Gasteiger partial charge in [-0.05, 0) is 12.1 Å². The monoisotopic (exact) mass is 264 g/mol. The molecule has 1 rings (SSSR count). The highest BCUT2D eigenvalue weighted by molar-refractivity contribution is 7.90. The Balaban J connectivity index is 3.15. The fourth-order valence-electron chi connectivity index (χ4n) is 1.02. The van der Waals surface area contributed by atoms with Crippen molar-refractivity contribution in [3.8, 4) is 0 Å². The number of pyridine rings is 1. The summed E-state index contributed by atoms with van der Waals surface area (Å²) < 4.78 is 47.4. The number of hydrogen-bond acceptors (Lipinski definition) is 5. The summed E-state index contributed by atoms with van der Waals surface area (Å²) in [6.45, 7) is 1.91. The molecule has 0 aromatic carbocycles. The van der Waals surface area contributed by atoms with Crippen LogP contribution < -0.4 is 4.72 Å². The molecule has 1 N–H and O–H groups in total. The van der Waals surface area contributed by atoms with Gasteiger partial charge in [-0.15, -0.1) is 0 Å². The second-order valence-electron chi connectivity index (χ2n) is 3.11. The largest absolute Gasteiger partial charge is 0.243 e. The van der Waals surface area contributed by atoms with Crippen LogP contribution in [0.2, 0.25) is 0 Å². The average molecular weight is 264 g/mol. The van der Waals surface area contributed by atoms with Crippen LogP contribution in [0.4, 0.5) is 0 Å². The minimum atomic E-state index is -3.58. The van der Waals surface area contributed by atoms with E-state index in [0.717, 1.165) is 12.5 Å². The maximum atomic E-state index is 11.5. The first-order valence-corrected chi connectivity index (χ1v) is 7.80. The van der Waals surface area contributed by atoms with E-state index >= 15 is 0 Å². The highest BCUT2D eigenvalue weighted by Crippen LogP contribution is 2.10. The Morgan fingerprint density at radius 2 is 1.88 bits per heavy atom. The lowest BCUT2D eigenvalue weighted by molar-refractivity contribution is 0.581. The molecule has 0 atom stereocenters. The maximum absolute atomic E-state index is 11.5. The van der Waals surface area contributed by atoms with Crippen molar-refractivity contribution in [2.75, 3.05) is 12.8 Å². The molecule has 6 nitrogen and oxygen atoms in total. The van der Waals surface area contributed by atoms with Gasteiger partial charge in [0.15, 0.2) is 14.9 Å². The van der Waals surface area contributed by atoms with Crippen LogP contribution in [0.1, 0.15) is 6.92 Å². The lowest BCUT2D eigenvalue weighted by Crippen LogP contribution is -2.23. The van der Waals surface area contributed by atoms with Gasteiger partial charge in [0.1, 0.15) is 4.90 Å². The fraction of sp³-hybridized carbons (Fsp3) is 0.375. The summed E-state index contributed by atoms with van der Waals surface area (Å²) in [5.74, 6) is 0. The van der Waals surface area contributed by atoms with Crippen LogP contribution in [0.25, 0.3) is 0 Å². The van der Waals surface area contributed by atoms with E-state index in [4.69, 9.17) is 0 Å². The third-order valence-electron chi connectivity index (χ3n) is 1.73. The lowest BCUT2D eigenvalue weighted by Gasteiger charge is -2.04. The summed E-state index contributed by atoms with van der Waals surface area (Å²) in [6.07, 6.45) is 2.03. The van der Waals surface area contributed by atoms with E-state index in [1.807, 2.05) is 0 Å². The van der Waals surface area contributed by atoms with Gasteiger partial charge in [0.2, 0.25) is 10.0 Å². The number of hydrogen-bond donors (Lipinski definition) is 1. The zero-order valence-corrected chi connectivity index (χ0v) is 10.5. The first-order chi connectivity index (χ1) is 7.27. The third kappa shape index (κ3) is 3.00. The molecule has 1 aromatic heterocycles. The Morgan fingerprint density at radius 3 is 2.25 bits per heavy atom. The zero-order valence-electron chi connectivity index (χ0n) is 8.84. The lowest BCUT2D eigenvalue weighted by atomic mass is 10.5. The number of rotatable bonds is 4. The van der Waals surface area contributed by atoms with Crippen LogP contribution >= 0.6 is 0 Å². The maximum Gasteiger partial charge on any atom is 0.242 e. The standard InChI is InChI=1S/C8H12N2O4S2/c1-3-10-16(13,14)7-4-5-8(9-6-7)15(2,11)12/h4-6,10H,3H2,1-2H3. The minimum absolute atomic E-state index is 0.0539. The van der Waals surface area contributed by atoms with Gasteiger partial charge < -0.3 is 0 Å². The molecule has 0 aliphatic carbocycles. The van der Waals surface area contributed by atoms with Gasteiger partial charge in [-0.2, -0.15) is 0 Å². The number of aromatic nitrogens is 1. The number of sulfone groups is 1. The van der Waals surface area contributed by atoms with Crippen LogP contribution in [-0.2, 0) is 19.9 Å². The Labute approximate surface area is 94.7 Å². The molecule has 16 heavy (non-hydrogen) atoms. The smallest absolute Gasteiger partial charge is 0.242 e. The van der Waals surface area contributed by atoms with E-state index in [0.29, 0.717) is 0 Å². The molecule has 0 bridgehead atoms. The Bertz CT molecular complexity index is 561. The molecule has 0 fully saturated rings. The van der Waals surface area contributed by atoms with Crippen molar-refractivity contribution in [2.24, 2.45) is 0 Å². The van der Waals surface area contributed by atoms with Crippen molar-refractivity contribution >= 4 is 19.9 Å². The van der Waals surface area contributed by atoms with Gasteiger partial charge >= 0.3 is 0 Å². The van der Waals surface area contributed by atoms with Gasteiger partial charge in [0, 0.05) is 19.0 Å². The predicted molar refractivity (Wildman–Crippen MR) is 58.2 cm³/mol. The average Bonchev–Trinajstić information content (AvgIpc) is 2.16. The van der Waals surface area contributed by atoms with Crippen LogP contribution in [0.3, 0.4) is 0 Å². The molecule has 0 amide bonds. The van der Waals surface area contributed by atoms with Crippen molar-refractivity contribution in [1.29, 1.82) is 0 Å². The summed E-state index contributed by atoms with van der Waals surface area (Å²) in [5, 5.41) is -0.150. The molecular weight excluding hydrogens is 252 g/mol. The van der Waals surface area contributed by atoms with Gasteiger partial charge in [-0.3, -0.25) is 0 Å². The Kier molecular flexibility index (Phi) is 3.66. The van der Waals surface area contributed by atoms with Crippen molar-refractivity contribution in [2.45, 2.75) is 16.8 Å². The van der Waals surface area contributed by atoms with Crippen LogP contribution in [0.15, 0.2) is 28.3 Å². The molecule has 0 saturated heterocycles. The van der Waals surface area contributed by atoms with Crippen LogP contribution in [0, 0.1) is 0 Å². The van der Waals surface area contributed by atoms with Crippen LogP contribution in [0.5, 0.6) is 0 Å². The number of sulfonamides is 1. The molecule has 0 unspecified atom stereocenters. The number of nitrogens with one attached hydrogen (secondary N) is 1. The van der Waals surface area contributed by atoms with E-state index < -0.39 is 19.9 Å². The number of nitrogens with zero attached hydrogens (tertiary/aromatic N) is 1. The molecule has 0 aliphatic heterocycles. The molecular formula is C8H12N2O4S2. The summed E-state index contributed by atoms with van der Waals surface area (Å²) in [5.41, 5.74) is 0. The molecule has 0 saturated carbocycles. The molecule has 1 aromatic rings. The van der Waals surface area contributed by atoms with E-state index in [2.05, 4.69) is 9.71 Å². The SMILES string of the molecule is CCNS(=O)(=O)c1ccc(S(C)(=O)=O)nc1. The second-order valence-corrected chi connectivity index (χ2v) is 6.84. The van der Waals surface area contributed by atoms with E-state index in [-0.39, 0.29) is 16.5 Å². The van der Waals surface area contributed by atoms with Crippen LogP contribution in [-0.4, -0.2) is 34.6 Å². The molecule has 0 spiro atoms. The molecule has 0 aliphatic rings. The summed E-state index contributed by atoms with van der Waals surface area (Å²) in [7, 11) is -6.98. The van der Waals surface area contributed by atoms with Crippen molar-refractivity contribution in [1.82, 2.24) is 9.71 Å². The van der Waals surface area contributed by atoms with Gasteiger partial charge in [0.05, 0.1) is 0 Å². The Hall–Kier alpha value is -0.990. The van der Waals surface area contributed by atoms with Crippen molar-refractivity contribution in [3.05, 3.63) is 18.3 Å². The van der Waals surface area contributed by atoms with E-state index in [1.54, 1.807) is 6.92 Å². The third-order valence-corrected chi connectivity index (χ3v) is 4.27. The molecule has 8 heteroatoms. The predicted octanol–water partition coefficient (Wildman–Crippen LogP) is -0.217. The molecule has 1 heterocycles. The van der Waals surface area contributed by atoms with Crippen molar-refractivity contribution < 1.29 is 16.8 Å². The van der Waals surface area contributed by atoms with Gasteiger partial charge in [0.25, 0.3) is 0 Å². The second kappa shape index (κ2) is 4.48. The quantitative estimate of drug-likeness (QED) is 0.811. The first-order valence-electron chi connectivity index (χ1n) is 4.43. The van der Waals surface area contributed by atoms with E-state index in [9.17, 15) is 16.8 Å². The summed E-state index contributed by atoms with van der Waals surface area (Å²) >= 11 is 0. The highest BCUT2D eigenvalue weighted by atomic mass is 32.2.